The third-order valence-corrected chi connectivity index (χ3v) is 6.03. The Bertz CT molecular complexity index is 1210. The van der Waals surface area contributed by atoms with Crippen molar-refractivity contribution in [3.05, 3.63) is 94.4 Å². The van der Waals surface area contributed by atoms with Gasteiger partial charge >= 0.3 is 0 Å². The molecule has 1 aromatic heterocycles. The van der Waals surface area contributed by atoms with Crippen molar-refractivity contribution >= 4 is 23.2 Å². The van der Waals surface area contributed by atoms with E-state index in [1.54, 1.807) is 6.07 Å². The number of rotatable bonds is 7. The van der Waals surface area contributed by atoms with E-state index in [0.29, 0.717) is 16.5 Å². The minimum atomic E-state index is 0.280. The fourth-order valence-electron chi connectivity index (χ4n) is 3.52. The number of ether oxygens (including phenoxy) is 1. The molecule has 0 radical (unpaired) electrons. The Morgan fingerprint density at radius 2 is 1.55 bits per heavy atom. The van der Waals surface area contributed by atoms with E-state index in [9.17, 15) is 0 Å². The van der Waals surface area contributed by atoms with Gasteiger partial charge in [-0.15, -0.1) is 0 Å². The van der Waals surface area contributed by atoms with Crippen molar-refractivity contribution in [3.63, 3.8) is 0 Å². The van der Waals surface area contributed by atoms with E-state index in [2.05, 4.69) is 67.1 Å². The zero-order chi connectivity index (χ0) is 23.4. The Morgan fingerprint density at radius 3 is 2.18 bits per heavy atom. The van der Waals surface area contributed by atoms with Crippen LogP contribution >= 0.6 is 23.2 Å². The zero-order valence-corrected chi connectivity index (χ0v) is 20.7. The second kappa shape index (κ2) is 10.0. The Labute approximate surface area is 205 Å². The molecular formula is C28H28Cl2N2O. The van der Waals surface area contributed by atoms with Crippen molar-refractivity contribution in [3.8, 4) is 28.1 Å². The molecule has 0 aliphatic heterocycles. The van der Waals surface area contributed by atoms with Crippen LogP contribution in [0.25, 0.3) is 22.4 Å². The van der Waals surface area contributed by atoms with Crippen molar-refractivity contribution in [1.29, 1.82) is 0 Å². The predicted octanol–water partition coefficient (Wildman–Crippen LogP) is 8.46. The molecule has 0 aliphatic rings. The van der Waals surface area contributed by atoms with Gasteiger partial charge < -0.3 is 9.72 Å². The number of hydrogen-bond acceptors (Lipinski definition) is 2. The largest absolute Gasteiger partial charge is 0.494 e. The number of H-pyrrole nitrogens is 1. The zero-order valence-electron chi connectivity index (χ0n) is 19.2. The summed E-state index contributed by atoms with van der Waals surface area (Å²) in [5.74, 6) is 1.80. The van der Waals surface area contributed by atoms with Crippen LogP contribution in [0.3, 0.4) is 0 Å². The van der Waals surface area contributed by atoms with Crippen LogP contribution in [0.15, 0.2) is 72.9 Å². The minimum absolute atomic E-state index is 0.280. The summed E-state index contributed by atoms with van der Waals surface area (Å²) in [4.78, 5) is 7.88. The maximum atomic E-state index is 6.32. The van der Waals surface area contributed by atoms with Crippen LogP contribution in [0.5, 0.6) is 5.75 Å². The lowest BCUT2D eigenvalue weighted by Crippen LogP contribution is -2.10. The van der Waals surface area contributed by atoms with Crippen LogP contribution in [0, 0.1) is 5.41 Å². The van der Waals surface area contributed by atoms with E-state index in [4.69, 9.17) is 27.9 Å². The van der Waals surface area contributed by atoms with Gasteiger partial charge in [-0.25, -0.2) is 4.98 Å². The van der Waals surface area contributed by atoms with E-state index in [1.165, 1.54) is 16.7 Å². The van der Waals surface area contributed by atoms with Gasteiger partial charge in [0.1, 0.15) is 11.6 Å². The van der Waals surface area contributed by atoms with E-state index in [-0.39, 0.29) is 5.41 Å². The SMILES string of the molecule is CC(C)(C)CCOc1ccc(-c2ccc(Cc3ncc(-c4ccc(Cl)cc4Cl)[nH]3)cc2)cc1. The van der Waals surface area contributed by atoms with E-state index >= 15 is 0 Å². The molecule has 33 heavy (non-hydrogen) atoms. The predicted molar refractivity (Wildman–Crippen MR) is 138 cm³/mol. The number of hydrogen-bond donors (Lipinski definition) is 1. The van der Waals surface area contributed by atoms with Crippen LogP contribution in [0.4, 0.5) is 0 Å². The van der Waals surface area contributed by atoms with Gasteiger partial charge in [0.15, 0.2) is 0 Å². The van der Waals surface area contributed by atoms with Gasteiger partial charge in [-0.05, 0) is 58.9 Å². The smallest absolute Gasteiger partial charge is 0.119 e. The molecule has 1 N–H and O–H groups in total. The molecule has 4 aromatic rings. The second-order valence-corrected chi connectivity index (χ2v) is 10.3. The highest BCUT2D eigenvalue weighted by molar-refractivity contribution is 6.36. The average molecular weight is 479 g/mol. The van der Waals surface area contributed by atoms with Gasteiger partial charge in [0.05, 0.1) is 23.5 Å². The average Bonchev–Trinajstić information content (AvgIpc) is 3.22. The first-order valence-electron chi connectivity index (χ1n) is 11.1. The summed E-state index contributed by atoms with van der Waals surface area (Å²) in [6, 6.07) is 22.3. The summed E-state index contributed by atoms with van der Waals surface area (Å²) in [5.41, 5.74) is 5.58. The lowest BCUT2D eigenvalue weighted by atomic mass is 9.93. The summed E-state index contributed by atoms with van der Waals surface area (Å²) < 4.78 is 5.88. The molecule has 4 rings (SSSR count). The number of nitrogens with zero attached hydrogens (tertiary/aromatic N) is 1. The maximum Gasteiger partial charge on any atom is 0.119 e. The summed E-state index contributed by atoms with van der Waals surface area (Å²) in [7, 11) is 0. The Morgan fingerprint density at radius 1 is 0.879 bits per heavy atom. The van der Waals surface area contributed by atoms with Crippen LogP contribution in [-0.4, -0.2) is 16.6 Å². The van der Waals surface area contributed by atoms with E-state index in [1.807, 2.05) is 30.5 Å². The molecule has 1 heterocycles. The van der Waals surface area contributed by atoms with Crippen LogP contribution in [-0.2, 0) is 6.42 Å². The molecule has 0 spiro atoms. The van der Waals surface area contributed by atoms with Crippen LogP contribution in [0.1, 0.15) is 38.6 Å². The first kappa shape index (κ1) is 23.4. The van der Waals surface area contributed by atoms with Crippen LogP contribution in [0.2, 0.25) is 10.0 Å². The number of aromatic amines is 1. The van der Waals surface area contributed by atoms with Crippen molar-refractivity contribution in [1.82, 2.24) is 9.97 Å². The monoisotopic (exact) mass is 478 g/mol. The molecule has 0 atom stereocenters. The highest BCUT2D eigenvalue weighted by atomic mass is 35.5. The second-order valence-electron chi connectivity index (χ2n) is 9.42. The lowest BCUT2D eigenvalue weighted by Gasteiger charge is -2.18. The molecule has 5 heteroatoms. The van der Waals surface area contributed by atoms with Crippen molar-refractivity contribution in [2.45, 2.75) is 33.6 Å². The van der Waals surface area contributed by atoms with Gasteiger partial charge in [-0.3, -0.25) is 0 Å². The normalized spacial score (nSPS) is 11.5. The highest BCUT2D eigenvalue weighted by Crippen LogP contribution is 2.30. The van der Waals surface area contributed by atoms with E-state index in [0.717, 1.165) is 35.9 Å². The molecule has 170 valence electrons. The quantitative estimate of drug-likeness (QED) is 0.289. The Balaban J connectivity index is 1.38. The van der Waals surface area contributed by atoms with Crippen molar-refractivity contribution in [2.75, 3.05) is 6.61 Å². The van der Waals surface area contributed by atoms with Gasteiger partial charge in [0.2, 0.25) is 0 Å². The molecule has 0 saturated carbocycles. The fourth-order valence-corrected chi connectivity index (χ4v) is 4.03. The molecule has 0 fully saturated rings. The molecule has 3 nitrogen and oxygen atoms in total. The molecular weight excluding hydrogens is 451 g/mol. The van der Waals surface area contributed by atoms with Gasteiger partial charge in [0, 0.05) is 17.0 Å². The molecule has 0 aliphatic carbocycles. The van der Waals surface area contributed by atoms with Crippen LogP contribution < -0.4 is 4.74 Å². The standard InChI is InChI=1S/C28H28Cl2N2O/c1-28(2,3)14-15-33-23-11-8-21(9-12-23)20-6-4-19(5-7-20)16-27-31-18-26(32-27)24-13-10-22(29)17-25(24)30/h4-13,17-18H,14-16H2,1-3H3,(H,31,32). The van der Waals surface area contributed by atoms with Gasteiger partial charge in [0.25, 0.3) is 0 Å². The first-order valence-corrected chi connectivity index (χ1v) is 11.8. The Hall–Kier alpha value is -2.75. The molecule has 0 unspecified atom stereocenters. The molecule has 0 bridgehead atoms. The number of nitrogens with one attached hydrogen (secondary N) is 1. The minimum Gasteiger partial charge on any atom is -0.494 e. The number of halogens is 2. The number of imidazole rings is 1. The maximum absolute atomic E-state index is 6.32. The van der Waals surface area contributed by atoms with Crippen molar-refractivity contribution in [2.24, 2.45) is 5.41 Å². The molecule has 3 aromatic carbocycles. The Kier molecular flexibility index (Phi) is 7.11. The third kappa shape index (κ3) is 6.40. The van der Waals surface area contributed by atoms with E-state index < -0.39 is 0 Å². The topological polar surface area (TPSA) is 37.9 Å². The lowest BCUT2D eigenvalue weighted by molar-refractivity contribution is 0.243. The molecule has 0 amide bonds. The van der Waals surface area contributed by atoms with Gasteiger partial charge in [-0.2, -0.15) is 0 Å². The summed E-state index contributed by atoms with van der Waals surface area (Å²) in [5, 5.41) is 1.22. The highest BCUT2D eigenvalue weighted by Gasteiger charge is 2.11. The van der Waals surface area contributed by atoms with Crippen molar-refractivity contribution < 1.29 is 4.74 Å². The third-order valence-electron chi connectivity index (χ3n) is 5.48. The van der Waals surface area contributed by atoms with Gasteiger partial charge in [-0.1, -0.05) is 80.4 Å². The number of aromatic nitrogens is 2. The summed E-state index contributed by atoms with van der Waals surface area (Å²) in [6.07, 6.45) is 3.55. The molecule has 0 saturated heterocycles. The summed E-state index contributed by atoms with van der Waals surface area (Å²) >= 11 is 12.3. The summed E-state index contributed by atoms with van der Waals surface area (Å²) in [6.45, 7) is 7.41. The number of benzene rings is 3. The first-order chi connectivity index (χ1) is 15.8. The fraction of sp³-hybridized carbons (Fsp3) is 0.250.